The number of benzene rings is 1. The molecule has 1 aliphatic rings. The number of rotatable bonds is 3. The number of morpholine rings is 1. The molecule has 3 nitrogen and oxygen atoms in total. The van der Waals surface area contributed by atoms with E-state index in [1.165, 1.54) is 0 Å². The molecule has 1 N–H and O–H groups in total. The smallest absolute Gasteiger partial charge is 0.167 e. The Morgan fingerprint density at radius 2 is 2.29 bits per heavy atom. The van der Waals surface area contributed by atoms with E-state index in [-0.39, 0.29) is 17.8 Å². The van der Waals surface area contributed by atoms with Gasteiger partial charge in [-0.1, -0.05) is 0 Å². The number of carbonyl (C=O) groups is 1. The average molecular weight is 241 g/mol. The maximum absolute atomic E-state index is 13.3. The topological polar surface area (TPSA) is 38.3 Å². The highest BCUT2D eigenvalue weighted by Gasteiger charge is 2.22. The first-order valence-corrected chi connectivity index (χ1v) is 5.46. The van der Waals surface area contributed by atoms with Gasteiger partial charge in [-0.15, -0.1) is 0 Å². The molecule has 2 rings (SSSR count). The van der Waals surface area contributed by atoms with Gasteiger partial charge in [-0.05, 0) is 23.8 Å². The van der Waals surface area contributed by atoms with E-state index in [4.69, 9.17) is 4.74 Å². The second-order valence-electron chi connectivity index (χ2n) is 3.94. The largest absolute Gasteiger partial charge is 0.368 e. The average Bonchev–Trinajstić information content (AvgIpc) is 2.35. The van der Waals surface area contributed by atoms with Crippen LogP contribution in [0.3, 0.4) is 0 Å². The minimum Gasteiger partial charge on any atom is -0.368 e. The third-order valence-electron chi connectivity index (χ3n) is 2.66. The van der Waals surface area contributed by atoms with Gasteiger partial charge < -0.3 is 10.1 Å². The lowest BCUT2D eigenvalue weighted by atomic mass is 10.0. The van der Waals surface area contributed by atoms with E-state index >= 15 is 0 Å². The van der Waals surface area contributed by atoms with Crippen molar-refractivity contribution in [3.05, 3.63) is 35.4 Å². The number of Topliss-reactive ketones (excluding diaryl/α,β-unsaturated/α-hetero) is 1. The van der Waals surface area contributed by atoms with Crippen LogP contribution < -0.4 is 5.32 Å². The molecule has 5 heteroatoms. The van der Waals surface area contributed by atoms with E-state index in [1.54, 1.807) is 0 Å². The molecule has 0 aliphatic carbocycles. The molecule has 0 bridgehead atoms. The molecule has 1 atom stereocenters. The highest BCUT2D eigenvalue weighted by Crippen LogP contribution is 2.12. The summed E-state index contributed by atoms with van der Waals surface area (Å²) in [5.41, 5.74) is 0.0733. The molecular weight excluding hydrogens is 228 g/mol. The molecule has 0 spiro atoms. The SMILES string of the molecule is O=C(Cc1cc(F)ccc1F)C1CNCCO1. The van der Waals surface area contributed by atoms with E-state index in [0.29, 0.717) is 19.7 Å². The van der Waals surface area contributed by atoms with Crippen LogP contribution in [0.25, 0.3) is 0 Å². The minimum atomic E-state index is -0.566. The molecule has 1 fully saturated rings. The summed E-state index contributed by atoms with van der Waals surface area (Å²) < 4.78 is 31.5. The summed E-state index contributed by atoms with van der Waals surface area (Å²) in [5, 5.41) is 3.01. The first-order valence-electron chi connectivity index (χ1n) is 5.46. The van der Waals surface area contributed by atoms with Crippen LogP contribution in [-0.4, -0.2) is 31.6 Å². The molecule has 1 aromatic carbocycles. The number of ketones is 1. The normalized spacial score (nSPS) is 20.2. The van der Waals surface area contributed by atoms with Gasteiger partial charge in [0.05, 0.1) is 6.61 Å². The maximum Gasteiger partial charge on any atom is 0.167 e. The van der Waals surface area contributed by atoms with Gasteiger partial charge in [-0.25, -0.2) is 8.78 Å². The number of halogens is 2. The van der Waals surface area contributed by atoms with Gasteiger partial charge in [0.1, 0.15) is 17.7 Å². The number of nitrogens with one attached hydrogen (secondary N) is 1. The molecule has 1 heterocycles. The Kier molecular flexibility index (Phi) is 3.81. The lowest BCUT2D eigenvalue weighted by molar-refractivity contribution is -0.131. The summed E-state index contributed by atoms with van der Waals surface area (Å²) in [6.07, 6.45) is -0.706. The van der Waals surface area contributed by atoms with Crippen LogP contribution in [0.2, 0.25) is 0 Å². The van der Waals surface area contributed by atoms with Gasteiger partial charge in [0.15, 0.2) is 5.78 Å². The summed E-state index contributed by atoms with van der Waals surface area (Å²) in [6.45, 7) is 1.59. The predicted molar refractivity (Wildman–Crippen MR) is 57.7 cm³/mol. The van der Waals surface area contributed by atoms with E-state index in [9.17, 15) is 13.6 Å². The fourth-order valence-corrected chi connectivity index (χ4v) is 1.75. The standard InChI is InChI=1S/C12H13F2NO2/c13-9-1-2-10(14)8(5-9)6-11(16)12-7-15-3-4-17-12/h1-2,5,12,15H,3-4,6-7H2. The van der Waals surface area contributed by atoms with Crippen LogP contribution in [0.1, 0.15) is 5.56 Å². The third kappa shape index (κ3) is 3.08. The van der Waals surface area contributed by atoms with Gasteiger partial charge >= 0.3 is 0 Å². The second kappa shape index (κ2) is 5.33. The van der Waals surface area contributed by atoms with Crippen LogP contribution >= 0.6 is 0 Å². The van der Waals surface area contributed by atoms with Crippen LogP contribution in [0, 0.1) is 11.6 Å². The van der Waals surface area contributed by atoms with Crippen LogP contribution in [0.5, 0.6) is 0 Å². The summed E-state index contributed by atoms with van der Waals surface area (Å²) >= 11 is 0. The Morgan fingerprint density at radius 3 is 3.00 bits per heavy atom. The number of carbonyl (C=O) groups excluding carboxylic acids is 1. The van der Waals surface area contributed by atoms with Crippen molar-refractivity contribution in [3.8, 4) is 0 Å². The molecule has 0 amide bonds. The van der Waals surface area contributed by atoms with Crippen LogP contribution in [-0.2, 0) is 16.0 Å². The monoisotopic (exact) mass is 241 g/mol. The highest BCUT2D eigenvalue weighted by molar-refractivity contribution is 5.85. The van der Waals surface area contributed by atoms with Crippen LogP contribution in [0.15, 0.2) is 18.2 Å². The quantitative estimate of drug-likeness (QED) is 0.860. The van der Waals surface area contributed by atoms with Crippen molar-refractivity contribution in [1.29, 1.82) is 0 Å². The first kappa shape index (κ1) is 12.1. The zero-order valence-electron chi connectivity index (χ0n) is 9.21. The fourth-order valence-electron chi connectivity index (χ4n) is 1.75. The molecule has 0 radical (unpaired) electrons. The predicted octanol–water partition coefficient (Wildman–Crippen LogP) is 1.06. The molecule has 0 aromatic heterocycles. The van der Waals surface area contributed by atoms with Crippen molar-refractivity contribution in [1.82, 2.24) is 5.32 Å². The lowest BCUT2D eigenvalue weighted by Crippen LogP contribution is -2.43. The molecule has 92 valence electrons. The Hall–Kier alpha value is -1.33. The van der Waals surface area contributed by atoms with Gasteiger partial charge in [0.2, 0.25) is 0 Å². The first-order chi connectivity index (χ1) is 8.16. The molecule has 17 heavy (non-hydrogen) atoms. The summed E-state index contributed by atoms with van der Waals surface area (Å²) in [7, 11) is 0. The van der Waals surface area contributed by atoms with Crippen molar-refractivity contribution in [2.24, 2.45) is 0 Å². The van der Waals surface area contributed by atoms with Gasteiger partial charge in [0.25, 0.3) is 0 Å². The summed E-state index contributed by atoms with van der Waals surface area (Å²) in [5.74, 6) is -1.35. The zero-order chi connectivity index (χ0) is 12.3. The van der Waals surface area contributed by atoms with E-state index in [0.717, 1.165) is 18.2 Å². The molecule has 1 aliphatic heterocycles. The van der Waals surface area contributed by atoms with Crippen molar-refractivity contribution >= 4 is 5.78 Å². The van der Waals surface area contributed by atoms with Gasteiger partial charge in [0, 0.05) is 19.5 Å². The van der Waals surface area contributed by atoms with Gasteiger partial charge in [-0.3, -0.25) is 4.79 Å². The van der Waals surface area contributed by atoms with Crippen molar-refractivity contribution in [2.75, 3.05) is 19.7 Å². The lowest BCUT2D eigenvalue weighted by Gasteiger charge is -2.22. The number of hydrogen-bond donors (Lipinski definition) is 1. The van der Waals surface area contributed by atoms with E-state index in [2.05, 4.69) is 5.32 Å². The molecule has 0 saturated carbocycles. The molecule has 1 unspecified atom stereocenters. The second-order valence-corrected chi connectivity index (χ2v) is 3.94. The van der Waals surface area contributed by atoms with Crippen LogP contribution in [0.4, 0.5) is 8.78 Å². The van der Waals surface area contributed by atoms with E-state index < -0.39 is 17.7 Å². The Labute approximate surface area is 97.8 Å². The molecule has 1 aromatic rings. The third-order valence-corrected chi connectivity index (χ3v) is 2.66. The van der Waals surface area contributed by atoms with Crippen molar-refractivity contribution < 1.29 is 18.3 Å². The van der Waals surface area contributed by atoms with E-state index in [1.807, 2.05) is 0 Å². The fraction of sp³-hybridized carbons (Fsp3) is 0.417. The number of ether oxygens (including phenoxy) is 1. The maximum atomic E-state index is 13.3. The molecule has 1 saturated heterocycles. The highest BCUT2D eigenvalue weighted by atomic mass is 19.1. The summed E-state index contributed by atoms with van der Waals surface area (Å²) in [4.78, 5) is 11.8. The van der Waals surface area contributed by atoms with Crippen molar-refractivity contribution in [2.45, 2.75) is 12.5 Å². The number of hydrogen-bond acceptors (Lipinski definition) is 3. The Bertz CT molecular complexity index is 417. The summed E-state index contributed by atoms with van der Waals surface area (Å²) in [6, 6.07) is 3.10. The Morgan fingerprint density at radius 1 is 1.47 bits per heavy atom. The molecular formula is C12H13F2NO2. The van der Waals surface area contributed by atoms with Gasteiger partial charge in [-0.2, -0.15) is 0 Å². The Balaban J connectivity index is 2.04. The van der Waals surface area contributed by atoms with Crippen molar-refractivity contribution in [3.63, 3.8) is 0 Å². The zero-order valence-corrected chi connectivity index (χ0v) is 9.21. The minimum absolute atomic E-state index is 0.0733.